The van der Waals surface area contributed by atoms with E-state index < -0.39 is 11.2 Å². The fourth-order valence-electron chi connectivity index (χ4n) is 5.29. The predicted molar refractivity (Wildman–Crippen MR) is 248 cm³/mol. The number of anilines is 2. The summed E-state index contributed by atoms with van der Waals surface area (Å²) in [5.41, 5.74) is 14.3. The number of hydrogen-bond donors (Lipinski definition) is 4. The number of aliphatic hydroxyl groups is 2. The number of rotatable bonds is 18. The van der Waals surface area contributed by atoms with Gasteiger partial charge in [-0.3, -0.25) is 0 Å². The van der Waals surface area contributed by atoms with E-state index in [9.17, 15) is 0 Å². The molecule has 0 saturated carbocycles. The summed E-state index contributed by atoms with van der Waals surface area (Å²) in [6.07, 6.45) is 3.99. The Morgan fingerprint density at radius 2 is 1.02 bits per heavy atom. The molecule has 4 aromatic rings. The first-order valence-electron chi connectivity index (χ1n) is 20.7. The molecule has 2 fully saturated rings. The van der Waals surface area contributed by atoms with Gasteiger partial charge in [-0.15, -0.1) is 0 Å². The van der Waals surface area contributed by atoms with E-state index >= 15 is 0 Å². The lowest BCUT2D eigenvalue weighted by Gasteiger charge is -2.37. The number of hydrogen-bond acceptors (Lipinski definition) is 10. The minimum atomic E-state index is -1.01. The van der Waals surface area contributed by atoms with Crippen LogP contribution in [0, 0.1) is 10.8 Å². The second-order valence-electron chi connectivity index (χ2n) is 17.2. The van der Waals surface area contributed by atoms with Gasteiger partial charge >= 0.3 is 0 Å². The molecular formula is C48H68BBrN2O8. The molecule has 0 aliphatic carbocycles. The van der Waals surface area contributed by atoms with Gasteiger partial charge in [-0.25, -0.2) is 0 Å². The Morgan fingerprint density at radius 3 is 1.42 bits per heavy atom. The smallest absolute Gasteiger partial charge is 0.119 e. The van der Waals surface area contributed by atoms with E-state index in [1.807, 2.05) is 78.9 Å². The third-order valence-electron chi connectivity index (χ3n) is 9.86. The van der Waals surface area contributed by atoms with Crippen molar-refractivity contribution in [2.45, 2.75) is 78.4 Å². The van der Waals surface area contributed by atoms with Crippen LogP contribution in [0.1, 0.15) is 67.2 Å². The van der Waals surface area contributed by atoms with Crippen LogP contribution in [-0.4, -0.2) is 95.3 Å². The molecule has 12 heteroatoms. The van der Waals surface area contributed by atoms with Crippen molar-refractivity contribution < 1.29 is 38.6 Å². The molecule has 328 valence electrons. The number of ether oxygens (including phenoxy) is 6. The monoisotopic (exact) mass is 890 g/mol. The van der Waals surface area contributed by atoms with E-state index in [0.29, 0.717) is 13.2 Å². The Bertz CT molecular complexity index is 1780. The molecule has 0 unspecified atom stereocenters. The number of unbranched alkanes of at least 4 members (excludes halogenated alkanes) is 2. The second kappa shape index (κ2) is 25.4. The zero-order chi connectivity index (χ0) is 44.1. The molecule has 2 aliphatic heterocycles. The Hall–Kier alpha value is -3.62. The van der Waals surface area contributed by atoms with Crippen molar-refractivity contribution in [1.82, 2.24) is 0 Å². The fraction of sp³-hybridized carbons (Fsp3) is 0.500. The van der Waals surface area contributed by atoms with Crippen molar-refractivity contribution in [1.29, 1.82) is 0 Å². The lowest BCUT2D eigenvalue weighted by molar-refractivity contribution is -0.138. The molecule has 0 atom stereocenters. The van der Waals surface area contributed by atoms with E-state index in [1.165, 1.54) is 0 Å². The van der Waals surface area contributed by atoms with Crippen LogP contribution in [0.2, 0.25) is 0 Å². The van der Waals surface area contributed by atoms with Gasteiger partial charge in [-0.2, -0.15) is 0 Å². The van der Waals surface area contributed by atoms with Crippen molar-refractivity contribution >= 4 is 40.6 Å². The lowest BCUT2D eigenvalue weighted by atomic mass is 9.90. The quantitative estimate of drug-likeness (QED) is 0.0436. The molecule has 6 N–H and O–H groups in total. The minimum absolute atomic E-state index is 0.234. The zero-order valence-electron chi connectivity index (χ0n) is 36.6. The van der Waals surface area contributed by atoms with Crippen LogP contribution in [0.4, 0.5) is 11.4 Å². The molecule has 6 rings (SSSR count). The molecule has 0 spiro atoms. The highest BCUT2D eigenvalue weighted by Gasteiger charge is 2.34. The van der Waals surface area contributed by atoms with Crippen molar-refractivity contribution in [3.8, 4) is 22.6 Å². The Labute approximate surface area is 368 Å². The van der Waals surface area contributed by atoms with Gasteiger partial charge in [-0.1, -0.05) is 77.7 Å². The largest absolute Gasteiger partial charge is 0.494 e. The van der Waals surface area contributed by atoms with Gasteiger partial charge in [0.2, 0.25) is 0 Å². The van der Waals surface area contributed by atoms with E-state index in [0.717, 1.165) is 122 Å². The van der Waals surface area contributed by atoms with Crippen molar-refractivity contribution in [3.63, 3.8) is 0 Å². The van der Waals surface area contributed by atoms with E-state index in [4.69, 9.17) is 57.9 Å². The maximum absolute atomic E-state index is 9.10. The first kappa shape index (κ1) is 50.7. The van der Waals surface area contributed by atoms with E-state index in [2.05, 4.69) is 48.0 Å². The Kier molecular flexibility index (Phi) is 21.4. The van der Waals surface area contributed by atoms with Gasteiger partial charge in [0.25, 0.3) is 0 Å². The molecular weight excluding hydrogens is 823 g/mol. The standard InChI is InChI=1S/C21H27NO3.C15H21BO3.C6H6BrN.C6H14O2/c1-21(15-24-16-21)14-23-10-2-3-11-25-20-9-5-7-18(13-20)17-6-4-8-19(22)12-17;1-15(11-18-12-15)10-17-7-2-3-8-19-14-6-4-5-13(16)9-14;7-5-2-1-3-6(8)4-5;1-5(2,7)6(3,4)8/h4-9,12-13H,2-3,10-11,14-16,22H2,1H3;4-6,9H,2-3,7-8,10-12H2,1H3;1-4H,8H2;7-8H,1-4H3. The van der Waals surface area contributed by atoms with Crippen LogP contribution < -0.4 is 26.4 Å². The van der Waals surface area contributed by atoms with Crippen LogP contribution in [0.15, 0.2) is 102 Å². The van der Waals surface area contributed by atoms with Crippen LogP contribution in [-0.2, 0) is 18.9 Å². The second-order valence-corrected chi connectivity index (χ2v) is 18.1. The summed E-state index contributed by atoms with van der Waals surface area (Å²) >= 11 is 3.28. The molecule has 10 nitrogen and oxygen atoms in total. The highest BCUT2D eigenvalue weighted by molar-refractivity contribution is 9.10. The van der Waals surface area contributed by atoms with Crippen molar-refractivity contribution in [2.75, 3.05) is 77.5 Å². The predicted octanol–water partition coefficient (Wildman–Crippen LogP) is 8.40. The highest BCUT2D eigenvalue weighted by Crippen LogP contribution is 2.28. The number of nitrogen functional groups attached to an aromatic ring is 2. The Balaban J connectivity index is 0.000000240. The van der Waals surface area contributed by atoms with E-state index in [-0.39, 0.29) is 10.8 Å². The number of nitrogens with two attached hydrogens (primary N) is 2. The van der Waals surface area contributed by atoms with Gasteiger partial charge in [0, 0.05) is 39.9 Å². The maximum Gasteiger partial charge on any atom is 0.119 e. The SMILES string of the molecule is CC(C)(O)C(C)(C)O.CC1(COCCCCOc2cccc(-c3cccc(N)c3)c2)COC1.Nc1cccc(Br)c1.[B]c1cccc(OCCCCOCC2(C)COC2)c1. The third-order valence-corrected chi connectivity index (χ3v) is 10.4. The van der Waals surface area contributed by atoms with Crippen LogP contribution >= 0.6 is 15.9 Å². The molecule has 0 aromatic heterocycles. The summed E-state index contributed by atoms with van der Waals surface area (Å²) in [4.78, 5) is 0. The summed E-state index contributed by atoms with van der Waals surface area (Å²) in [5.74, 6) is 1.72. The van der Waals surface area contributed by atoms with E-state index in [1.54, 1.807) is 27.7 Å². The first-order chi connectivity index (χ1) is 28.4. The topological polar surface area (TPSA) is 148 Å². The summed E-state index contributed by atoms with van der Waals surface area (Å²) in [7, 11) is 5.68. The molecule has 2 heterocycles. The number of halogens is 1. The summed E-state index contributed by atoms with van der Waals surface area (Å²) < 4.78 is 34.3. The maximum atomic E-state index is 9.10. The van der Waals surface area contributed by atoms with Crippen LogP contribution in [0.3, 0.4) is 0 Å². The van der Waals surface area contributed by atoms with Gasteiger partial charge in [-0.05, 0) is 119 Å². The van der Waals surface area contributed by atoms with Gasteiger partial charge in [0.1, 0.15) is 19.3 Å². The number of benzene rings is 4. The Morgan fingerprint density at radius 1 is 0.600 bits per heavy atom. The van der Waals surface area contributed by atoms with Crippen LogP contribution in [0.25, 0.3) is 11.1 Å². The highest BCUT2D eigenvalue weighted by atomic mass is 79.9. The third kappa shape index (κ3) is 20.3. The summed E-state index contributed by atoms with van der Waals surface area (Å²) in [6.45, 7) is 18.5. The molecule has 2 saturated heterocycles. The normalized spacial score (nSPS) is 14.9. The van der Waals surface area contributed by atoms with Crippen molar-refractivity contribution in [2.24, 2.45) is 10.8 Å². The van der Waals surface area contributed by atoms with Gasteiger partial charge < -0.3 is 50.1 Å². The van der Waals surface area contributed by atoms with Crippen molar-refractivity contribution in [3.05, 3.63) is 102 Å². The van der Waals surface area contributed by atoms with Gasteiger partial charge in [0.05, 0.1) is 64.1 Å². The lowest BCUT2D eigenvalue weighted by Crippen LogP contribution is -2.44. The fourth-order valence-corrected chi connectivity index (χ4v) is 5.71. The average Bonchev–Trinajstić information content (AvgIpc) is 3.16. The molecule has 2 aliphatic rings. The molecule has 60 heavy (non-hydrogen) atoms. The first-order valence-corrected chi connectivity index (χ1v) is 21.5. The van der Waals surface area contributed by atoms with Gasteiger partial charge in [0.15, 0.2) is 0 Å². The average molecular weight is 892 g/mol. The molecule has 2 radical (unpaired) electrons. The minimum Gasteiger partial charge on any atom is -0.494 e. The van der Waals surface area contributed by atoms with Crippen LogP contribution in [0.5, 0.6) is 11.5 Å². The summed E-state index contributed by atoms with van der Waals surface area (Å²) in [6, 6.07) is 31.1. The summed E-state index contributed by atoms with van der Waals surface area (Å²) in [5, 5.41) is 18.2. The molecule has 4 aromatic carbocycles. The molecule has 0 amide bonds. The molecule has 0 bridgehead atoms. The zero-order valence-corrected chi connectivity index (χ0v) is 38.2.